The molecule has 0 saturated heterocycles. The van der Waals surface area contributed by atoms with Gasteiger partial charge in [0.05, 0.1) is 12.5 Å². The monoisotopic (exact) mass is 327 g/mol. The van der Waals surface area contributed by atoms with Crippen LogP contribution in [0.3, 0.4) is 0 Å². The molecule has 3 aromatic rings. The summed E-state index contributed by atoms with van der Waals surface area (Å²) in [5, 5.41) is 0.790. The zero-order valence-corrected chi connectivity index (χ0v) is 13.4. The van der Waals surface area contributed by atoms with E-state index in [1.165, 1.54) is 6.07 Å². The fraction of sp³-hybridized carbons (Fsp3) is 0.222. The molecule has 1 amide bonds. The third kappa shape index (κ3) is 3.48. The predicted molar refractivity (Wildman–Crippen MR) is 87.8 cm³/mol. The van der Waals surface area contributed by atoms with E-state index in [4.69, 9.17) is 13.6 Å². The van der Waals surface area contributed by atoms with E-state index in [2.05, 4.69) is 0 Å². The van der Waals surface area contributed by atoms with Crippen molar-refractivity contribution in [3.63, 3.8) is 0 Å². The molecule has 24 heavy (non-hydrogen) atoms. The molecule has 1 atom stereocenters. The number of hydrogen-bond acceptors (Lipinski definition) is 5. The minimum absolute atomic E-state index is 0.161. The van der Waals surface area contributed by atoms with Crippen LogP contribution in [0.2, 0.25) is 0 Å². The van der Waals surface area contributed by atoms with Gasteiger partial charge in [-0.25, -0.2) is 4.79 Å². The lowest BCUT2D eigenvalue weighted by Crippen LogP contribution is -2.37. The second-order valence-corrected chi connectivity index (χ2v) is 5.54. The summed E-state index contributed by atoms with van der Waals surface area (Å²) in [7, 11) is 1.70. The van der Waals surface area contributed by atoms with Crippen molar-refractivity contribution in [3.05, 3.63) is 64.9 Å². The van der Waals surface area contributed by atoms with Crippen LogP contribution in [0.15, 0.2) is 62.6 Å². The Morgan fingerprint density at radius 1 is 1.25 bits per heavy atom. The van der Waals surface area contributed by atoms with Crippen LogP contribution in [0.4, 0.5) is 0 Å². The maximum absolute atomic E-state index is 12.4. The molecule has 0 aliphatic heterocycles. The van der Waals surface area contributed by atoms with Gasteiger partial charge in [0.1, 0.15) is 11.3 Å². The van der Waals surface area contributed by atoms with Gasteiger partial charge >= 0.3 is 5.63 Å². The van der Waals surface area contributed by atoms with Gasteiger partial charge in [-0.2, -0.15) is 0 Å². The number of ether oxygens (including phenoxy) is 1. The lowest BCUT2D eigenvalue weighted by Gasteiger charge is -2.21. The highest BCUT2D eigenvalue weighted by Crippen LogP contribution is 2.21. The van der Waals surface area contributed by atoms with Gasteiger partial charge in [-0.3, -0.25) is 4.79 Å². The SMILES string of the molecule is CC(Oc1ccc2ccc(=O)oc2c1)C(=O)N(C)Cc1ccoc1. The molecular formula is C18H17NO5. The smallest absolute Gasteiger partial charge is 0.336 e. The van der Waals surface area contributed by atoms with E-state index in [1.54, 1.807) is 61.7 Å². The Hall–Kier alpha value is -3.02. The van der Waals surface area contributed by atoms with Gasteiger partial charge in [-0.15, -0.1) is 0 Å². The maximum atomic E-state index is 12.4. The summed E-state index contributed by atoms with van der Waals surface area (Å²) in [5.41, 5.74) is 0.903. The average Bonchev–Trinajstić information content (AvgIpc) is 3.06. The highest BCUT2D eigenvalue weighted by molar-refractivity contribution is 5.81. The van der Waals surface area contributed by atoms with Crippen LogP contribution in [0.25, 0.3) is 11.0 Å². The summed E-state index contributed by atoms with van der Waals surface area (Å²) in [5.74, 6) is 0.306. The minimum atomic E-state index is -0.671. The zero-order chi connectivity index (χ0) is 17.1. The number of carbonyl (C=O) groups excluding carboxylic acids is 1. The summed E-state index contributed by atoms with van der Waals surface area (Å²) in [6.45, 7) is 2.12. The first-order valence-corrected chi connectivity index (χ1v) is 7.49. The Morgan fingerprint density at radius 3 is 2.79 bits per heavy atom. The van der Waals surface area contributed by atoms with E-state index in [-0.39, 0.29) is 5.91 Å². The van der Waals surface area contributed by atoms with Gasteiger partial charge in [0.25, 0.3) is 5.91 Å². The molecule has 2 aromatic heterocycles. The van der Waals surface area contributed by atoms with E-state index < -0.39 is 11.7 Å². The largest absolute Gasteiger partial charge is 0.481 e. The van der Waals surface area contributed by atoms with E-state index in [0.717, 1.165) is 10.9 Å². The number of rotatable bonds is 5. The van der Waals surface area contributed by atoms with Crippen LogP contribution < -0.4 is 10.4 Å². The van der Waals surface area contributed by atoms with Crippen LogP contribution in [0.1, 0.15) is 12.5 Å². The van der Waals surface area contributed by atoms with Crippen LogP contribution in [0, 0.1) is 0 Å². The molecule has 1 unspecified atom stereocenters. The third-order valence-electron chi connectivity index (χ3n) is 3.63. The van der Waals surface area contributed by atoms with E-state index in [1.807, 2.05) is 0 Å². The van der Waals surface area contributed by atoms with Crippen LogP contribution in [0.5, 0.6) is 5.75 Å². The number of carbonyl (C=O) groups is 1. The van der Waals surface area contributed by atoms with Crippen molar-refractivity contribution < 1.29 is 18.4 Å². The number of benzene rings is 1. The Morgan fingerprint density at radius 2 is 2.04 bits per heavy atom. The molecule has 0 aliphatic carbocycles. The maximum Gasteiger partial charge on any atom is 0.336 e. The van der Waals surface area contributed by atoms with Crippen molar-refractivity contribution >= 4 is 16.9 Å². The Balaban J connectivity index is 1.70. The highest BCUT2D eigenvalue weighted by atomic mass is 16.5. The third-order valence-corrected chi connectivity index (χ3v) is 3.63. The summed E-state index contributed by atoms with van der Waals surface area (Å²) in [6, 6.07) is 9.97. The highest BCUT2D eigenvalue weighted by Gasteiger charge is 2.20. The Bertz CT molecular complexity index is 897. The number of fused-ring (bicyclic) bond motifs is 1. The molecular weight excluding hydrogens is 310 g/mol. The molecule has 0 radical (unpaired) electrons. The Kier molecular flexibility index (Phi) is 4.37. The second-order valence-electron chi connectivity index (χ2n) is 5.54. The van der Waals surface area contributed by atoms with Crippen LogP contribution in [-0.4, -0.2) is 24.0 Å². The van der Waals surface area contributed by atoms with Gasteiger partial charge < -0.3 is 18.5 Å². The van der Waals surface area contributed by atoms with Crippen molar-refractivity contribution in [2.75, 3.05) is 7.05 Å². The van der Waals surface area contributed by atoms with Crippen LogP contribution >= 0.6 is 0 Å². The number of furan rings is 1. The standard InChI is InChI=1S/C18H17NO5/c1-12(18(21)19(2)10-13-7-8-22-11-13)23-15-5-3-14-4-6-17(20)24-16(14)9-15/h3-9,11-12H,10H2,1-2H3. The summed E-state index contributed by atoms with van der Waals surface area (Å²) >= 11 is 0. The molecule has 0 N–H and O–H groups in total. The van der Waals surface area contributed by atoms with Gasteiger partial charge in [-0.05, 0) is 31.2 Å². The van der Waals surface area contributed by atoms with E-state index >= 15 is 0 Å². The molecule has 6 nitrogen and oxygen atoms in total. The molecule has 0 saturated carbocycles. The number of amides is 1. The predicted octanol–water partition coefficient (Wildman–Crippen LogP) is 2.81. The molecule has 6 heteroatoms. The van der Waals surface area contributed by atoms with Crippen molar-refractivity contribution in [1.29, 1.82) is 0 Å². The molecule has 0 fully saturated rings. The van der Waals surface area contributed by atoms with Crippen LogP contribution in [-0.2, 0) is 11.3 Å². The molecule has 3 rings (SSSR count). The van der Waals surface area contributed by atoms with Crippen molar-refractivity contribution in [2.24, 2.45) is 0 Å². The summed E-state index contributed by atoms with van der Waals surface area (Å²) in [6.07, 6.45) is 2.49. The zero-order valence-electron chi connectivity index (χ0n) is 13.4. The topological polar surface area (TPSA) is 72.9 Å². The average molecular weight is 327 g/mol. The van der Waals surface area contributed by atoms with Gasteiger partial charge in [0.15, 0.2) is 6.10 Å². The Labute approximate surface area is 138 Å². The normalized spacial score (nSPS) is 12.1. The van der Waals surface area contributed by atoms with Crippen molar-refractivity contribution in [3.8, 4) is 5.75 Å². The molecule has 1 aromatic carbocycles. The van der Waals surface area contributed by atoms with Gasteiger partial charge in [0, 0.05) is 36.7 Å². The lowest BCUT2D eigenvalue weighted by molar-refractivity contribution is -0.137. The quantitative estimate of drug-likeness (QED) is 0.674. The second kappa shape index (κ2) is 6.62. The first kappa shape index (κ1) is 15.9. The van der Waals surface area contributed by atoms with Crippen molar-refractivity contribution in [1.82, 2.24) is 4.90 Å². The van der Waals surface area contributed by atoms with E-state index in [0.29, 0.717) is 17.9 Å². The first-order valence-electron chi connectivity index (χ1n) is 7.49. The fourth-order valence-electron chi connectivity index (χ4n) is 2.41. The number of likely N-dealkylation sites (N-methyl/N-ethyl adjacent to an activating group) is 1. The minimum Gasteiger partial charge on any atom is -0.481 e. The molecule has 0 spiro atoms. The van der Waals surface area contributed by atoms with Crippen molar-refractivity contribution in [2.45, 2.75) is 19.6 Å². The van der Waals surface area contributed by atoms with E-state index in [9.17, 15) is 9.59 Å². The summed E-state index contributed by atoms with van der Waals surface area (Å²) in [4.78, 5) is 25.2. The molecule has 0 bridgehead atoms. The molecule has 0 aliphatic rings. The van der Waals surface area contributed by atoms with Gasteiger partial charge in [0.2, 0.25) is 0 Å². The molecule has 2 heterocycles. The first-order chi connectivity index (χ1) is 11.5. The number of nitrogens with zero attached hydrogens (tertiary/aromatic N) is 1. The number of hydrogen-bond donors (Lipinski definition) is 0. The fourth-order valence-corrected chi connectivity index (χ4v) is 2.41. The molecule has 124 valence electrons. The lowest BCUT2D eigenvalue weighted by atomic mass is 10.2. The van der Waals surface area contributed by atoms with Gasteiger partial charge in [-0.1, -0.05) is 0 Å². The summed E-state index contributed by atoms with van der Waals surface area (Å²) < 4.78 is 15.8.